The summed E-state index contributed by atoms with van der Waals surface area (Å²) in [6, 6.07) is 10.9. The summed E-state index contributed by atoms with van der Waals surface area (Å²) in [5, 5.41) is 3.35. The number of benzene rings is 1. The van der Waals surface area contributed by atoms with E-state index in [9.17, 15) is 4.39 Å². The van der Waals surface area contributed by atoms with Gasteiger partial charge in [0.05, 0.1) is 5.69 Å². The molecule has 2 rings (SSSR count). The summed E-state index contributed by atoms with van der Waals surface area (Å²) >= 11 is 0. The van der Waals surface area contributed by atoms with Crippen LogP contribution in [0.5, 0.6) is 0 Å². The fraction of sp³-hybridized carbons (Fsp3) is 0.267. The van der Waals surface area contributed by atoms with Crippen molar-refractivity contribution in [3.8, 4) is 0 Å². The van der Waals surface area contributed by atoms with Crippen LogP contribution in [0.15, 0.2) is 42.6 Å². The average Bonchev–Trinajstić information content (AvgIpc) is 2.40. The summed E-state index contributed by atoms with van der Waals surface area (Å²) in [7, 11) is 0. The second-order valence-corrected chi connectivity index (χ2v) is 4.43. The second kappa shape index (κ2) is 5.74. The number of aryl methyl sites for hydroxylation is 1. The van der Waals surface area contributed by atoms with E-state index in [1.54, 1.807) is 18.3 Å². The number of rotatable bonds is 4. The normalized spacial score (nSPS) is 12.4. The van der Waals surface area contributed by atoms with Crippen molar-refractivity contribution in [3.05, 3.63) is 65.2 Å². The number of aromatic nitrogens is 1. The van der Waals surface area contributed by atoms with E-state index in [0.717, 1.165) is 16.8 Å². The van der Waals surface area contributed by atoms with Crippen molar-refractivity contribution in [2.24, 2.45) is 0 Å². The Hall–Kier alpha value is -1.74. The average molecular weight is 244 g/mol. The lowest BCUT2D eigenvalue weighted by Crippen LogP contribution is -2.19. The Bertz CT molecular complexity index is 511. The molecule has 94 valence electrons. The molecule has 0 aliphatic carbocycles. The zero-order valence-electron chi connectivity index (χ0n) is 10.7. The molecule has 1 aromatic heterocycles. The van der Waals surface area contributed by atoms with Gasteiger partial charge >= 0.3 is 0 Å². The Balaban J connectivity index is 2.01. The molecule has 0 bridgehead atoms. The summed E-state index contributed by atoms with van der Waals surface area (Å²) < 4.78 is 13.2. The molecular formula is C15H17FN2. The van der Waals surface area contributed by atoms with Crippen LogP contribution in [-0.4, -0.2) is 4.98 Å². The smallest absolute Gasteiger partial charge is 0.123 e. The maximum Gasteiger partial charge on any atom is 0.123 e. The van der Waals surface area contributed by atoms with E-state index in [4.69, 9.17) is 0 Å². The van der Waals surface area contributed by atoms with Crippen LogP contribution < -0.4 is 5.32 Å². The van der Waals surface area contributed by atoms with Crippen LogP contribution in [0.3, 0.4) is 0 Å². The van der Waals surface area contributed by atoms with Crippen molar-refractivity contribution in [1.29, 1.82) is 0 Å². The van der Waals surface area contributed by atoms with Gasteiger partial charge in [-0.1, -0.05) is 12.1 Å². The van der Waals surface area contributed by atoms with Gasteiger partial charge in [-0.25, -0.2) is 4.39 Å². The first kappa shape index (κ1) is 12.7. The molecule has 0 aliphatic heterocycles. The van der Waals surface area contributed by atoms with Gasteiger partial charge in [-0.3, -0.25) is 4.98 Å². The summed E-state index contributed by atoms with van der Waals surface area (Å²) in [5.41, 5.74) is 3.07. The largest absolute Gasteiger partial charge is 0.305 e. The van der Waals surface area contributed by atoms with E-state index >= 15 is 0 Å². The lowest BCUT2D eigenvalue weighted by molar-refractivity contribution is 0.556. The number of nitrogens with one attached hydrogen (secondary N) is 1. The summed E-state index contributed by atoms with van der Waals surface area (Å²) in [5.74, 6) is -0.192. The van der Waals surface area contributed by atoms with Gasteiger partial charge < -0.3 is 5.32 Å². The van der Waals surface area contributed by atoms with Crippen LogP contribution >= 0.6 is 0 Å². The highest BCUT2D eigenvalue weighted by atomic mass is 19.1. The van der Waals surface area contributed by atoms with Crippen molar-refractivity contribution in [3.63, 3.8) is 0 Å². The molecule has 0 amide bonds. The molecular weight excluding hydrogens is 227 g/mol. The second-order valence-electron chi connectivity index (χ2n) is 4.43. The Morgan fingerprint density at radius 2 is 2.11 bits per heavy atom. The van der Waals surface area contributed by atoms with Crippen LogP contribution in [0.2, 0.25) is 0 Å². The van der Waals surface area contributed by atoms with Crippen LogP contribution in [0.25, 0.3) is 0 Å². The van der Waals surface area contributed by atoms with E-state index < -0.39 is 0 Å². The first-order valence-electron chi connectivity index (χ1n) is 6.06. The first-order chi connectivity index (χ1) is 8.66. The van der Waals surface area contributed by atoms with Crippen molar-refractivity contribution in [1.82, 2.24) is 10.3 Å². The molecule has 1 atom stereocenters. The third-order valence-electron chi connectivity index (χ3n) is 3.04. The highest BCUT2D eigenvalue weighted by Crippen LogP contribution is 2.13. The number of nitrogens with zero attached hydrogens (tertiary/aromatic N) is 1. The van der Waals surface area contributed by atoms with E-state index in [0.29, 0.717) is 6.54 Å². The van der Waals surface area contributed by atoms with E-state index in [-0.39, 0.29) is 11.9 Å². The quantitative estimate of drug-likeness (QED) is 0.891. The Morgan fingerprint density at radius 3 is 2.83 bits per heavy atom. The van der Waals surface area contributed by atoms with E-state index in [2.05, 4.69) is 17.2 Å². The SMILES string of the molecule is Cc1ccc(F)cc1CNC(C)c1ccccn1. The van der Waals surface area contributed by atoms with Crippen molar-refractivity contribution >= 4 is 0 Å². The maximum absolute atomic E-state index is 13.2. The molecule has 1 heterocycles. The van der Waals surface area contributed by atoms with E-state index in [1.807, 2.05) is 25.1 Å². The molecule has 3 heteroatoms. The number of pyridine rings is 1. The highest BCUT2D eigenvalue weighted by molar-refractivity contribution is 5.26. The minimum Gasteiger partial charge on any atom is -0.305 e. The van der Waals surface area contributed by atoms with Crippen LogP contribution in [0.1, 0.15) is 29.8 Å². The lowest BCUT2D eigenvalue weighted by Gasteiger charge is -2.14. The minimum atomic E-state index is -0.192. The minimum absolute atomic E-state index is 0.147. The molecule has 2 aromatic rings. The summed E-state index contributed by atoms with van der Waals surface area (Å²) in [6.45, 7) is 4.68. The summed E-state index contributed by atoms with van der Waals surface area (Å²) in [4.78, 5) is 4.29. The van der Waals surface area contributed by atoms with Crippen LogP contribution in [-0.2, 0) is 6.54 Å². The fourth-order valence-corrected chi connectivity index (χ4v) is 1.83. The Morgan fingerprint density at radius 1 is 1.28 bits per heavy atom. The van der Waals surface area contributed by atoms with Crippen LogP contribution in [0, 0.1) is 12.7 Å². The van der Waals surface area contributed by atoms with Gasteiger partial charge in [0.2, 0.25) is 0 Å². The fourth-order valence-electron chi connectivity index (χ4n) is 1.83. The van der Waals surface area contributed by atoms with Gasteiger partial charge in [0, 0.05) is 18.8 Å². The Kier molecular flexibility index (Phi) is 4.05. The van der Waals surface area contributed by atoms with Gasteiger partial charge in [-0.15, -0.1) is 0 Å². The van der Waals surface area contributed by atoms with Crippen LogP contribution in [0.4, 0.5) is 4.39 Å². The molecule has 0 aliphatic rings. The molecule has 0 spiro atoms. The molecule has 1 N–H and O–H groups in total. The topological polar surface area (TPSA) is 24.9 Å². The maximum atomic E-state index is 13.2. The van der Waals surface area contributed by atoms with Crippen molar-refractivity contribution < 1.29 is 4.39 Å². The molecule has 2 nitrogen and oxygen atoms in total. The first-order valence-corrected chi connectivity index (χ1v) is 6.06. The molecule has 0 fully saturated rings. The standard InChI is InChI=1S/C15H17FN2/c1-11-6-7-14(16)9-13(11)10-18-12(2)15-5-3-4-8-17-15/h3-9,12,18H,10H2,1-2H3. The molecule has 0 radical (unpaired) electrons. The summed E-state index contributed by atoms with van der Waals surface area (Å²) in [6.07, 6.45) is 1.78. The van der Waals surface area contributed by atoms with Crippen molar-refractivity contribution in [2.45, 2.75) is 26.4 Å². The van der Waals surface area contributed by atoms with Gasteiger partial charge in [0.15, 0.2) is 0 Å². The highest BCUT2D eigenvalue weighted by Gasteiger charge is 2.07. The Labute approximate surface area is 107 Å². The lowest BCUT2D eigenvalue weighted by atomic mass is 10.1. The van der Waals surface area contributed by atoms with Gasteiger partial charge in [0.1, 0.15) is 5.82 Å². The molecule has 1 unspecified atom stereocenters. The molecule has 1 aromatic carbocycles. The monoisotopic (exact) mass is 244 g/mol. The molecule has 0 saturated carbocycles. The van der Waals surface area contributed by atoms with Gasteiger partial charge in [0.25, 0.3) is 0 Å². The van der Waals surface area contributed by atoms with Gasteiger partial charge in [-0.2, -0.15) is 0 Å². The predicted molar refractivity (Wildman–Crippen MR) is 70.6 cm³/mol. The number of hydrogen-bond donors (Lipinski definition) is 1. The molecule has 18 heavy (non-hydrogen) atoms. The number of hydrogen-bond acceptors (Lipinski definition) is 2. The third kappa shape index (κ3) is 3.14. The zero-order chi connectivity index (χ0) is 13.0. The molecule has 0 saturated heterocycles. The predicted octanol–water partition coefficient (Wildman–Crippen LogP) is 3.38. The van der Waals surface area contributed by atoms with Gasteiger partial charge in [-0.05, 0) is 49.2 Å². The third-order valence-corrected chi connectivity index (χ3v) is 3.04. The zero-order valence-corrected chi connectivity index (χ0v) is 10.7. The number of halogens is 1. The van der Waals surface area contributed by atoms with E-state index in [1.165, 1.54) is 6.07 Å². The van der Waals surface area contributed by atoms with Crippen molar-refractivity contribution in [2.75, 3.05) is 0 Å².